The van der Waals surface area contributed by atoms with Crippen molar-refractivity contribution in [2.24, 2.45) is 5.73 Å². The maximum atomic E-state index is 12.0. The van der Waals surface area contributed by atoms with Gasteiger partial charge in [-0.2, -0.15) is 0 Å². The van der Waals surface area contributed by atoms with Crippen molar-refractivity contribution in [2.45, 2.75) is 30.3 Å². The highest BCUT2D eigenvalue weighted by atomic mass is 32.2. The Kier molecular flexibility index (Phi) is 5.78. The van der Waals surface area contributed by atoms with E-state index >= 15 is 0 Å². The van der Waals surface area contributed by atoms with Gasteiger partial charge in [0, 0.05) is 27.1 Å². The molecule has 0 saturated carbocycles. The number of nitrogens with two attached hydrogens (primary N) is 1. The van der Waals surface area contributed by atoms with Crippen molar-refractivity contribution in [1.82, 2.24) is 19.7 Å². The van der Waals surface area contributed by atoms with E-state index in [1.807, 2.05) is 29.0 Å². The maximum absolute atomic E-state index is 12.0. The summed E-state index contributed by atoms with van der Waals surface area (Å²) >= 11 is 2.87. The van der Waals surface area contributed by atoms with Crippen LogP contribution in [0.5, 0.6) is 0 Å². The van der Waals surface area contributed by atoms with Crippen LogP contribution < -0.4 is 5.73 Å². The number of aromatic nitrogens is 3. The number of carbonyl (C=O) groups is 2. The molecule has 0 spiro atoms. The third-order valence-corrected chi connectivity index (χ3v) is 5.04. The van der Waals surface area contributed by atoms with E-state index in [-0.39, 0.29) is 23.5 Å². The van der Waals surface area contributed by atoms with Gasteiger partial charge in [0.25, 0.3) is 0 Å². The molecule has 9 heteroatoms. The molecule has 2 amide bonds. The molecule has 0 bridgehead atoms. The van der Waals surface area contributed by atoms with Crippen LogP contribution in [0.2, 0.25) is 0 Å². The third-order valence-electron chi connectivity index (χ3n) is 3.11. The molecule has 2 aromatic heterocycles. The van der Waals surface area contributed by atoms with Gasteiger partial charge in [-0.1, -0.05) is 17.8 Å². The first-order valence-electron chi connectivity index (χ1n) is 7.03. The van der Waals surface area contributed by atoms with E-state index in [9.17, 15) is 9.59 Å². The molecule has 0 aliphatic heterocycles. The van der Waals surface area contributed by atoms with Gasteiger partial charge in [-0.3, -0.25) is 9.59 Å². The van der Waals surface area contributed by atoms with Gasteiger partial charge in [-0.15, -0.1) is 21.5 Å². The van der Waals surface area contributed by atoms with Crippen molar-refractivity contribution in [3.8, 4) is 10.7 Å². The maximum Gasteiger partial charge on any atom is 0.235 e. The zero-order chi connectivity index (χ0) is 17.0. The summed E-state index contributed by atoms with van der Waals surface area (Å²) in [5, 5.41) is 10.7. The normalized spacial score (nSPS) is 12.1. The van der Waals surface area contributed by atoms with Gasteiger partial charge >= 0.3 is 0 Å². The van der Waals surface area contributed by atoms with Crippen molar-refractivity contribution in [2.75, 3.05) is 14.1 Å². The van der Waals surface area contributed by atoms with Crippen molar-refractivity contribution in [1.29, 1.82) is 0 Å². The minimum absolute atomic E-state index is 0.00266. The molecule has 0 saturated heterocycles. The van der Waals surface area contributed by atoms with Crippen molar-refractivity contribution >= 4 is 34.9 Å². The molecule has 1 atom stereocenters. The van der Waals surface area contributed by atoms with E-state index in [0.717, 1.165) is 4.88 Å². The first-order valence-corrected chi connectivity index (χ1v) is 8.79. The summed E-state index contributed by atoms with van der Waals surface area (Å²) < 4.78 is 1.85. The van der Waals surface area contributed by atoms with Crippen LogP contribution in [-0.2, 0) is 16.1 Å². The summed E-state index contributed by atoms with van der Waals surface area (Å²) in [6.45, 7) is 2.21. The second-order valence-corrected chi connectivity index (χ2v) is 7.40. The highest BCUT2D eigenvalue weighted by Crippen LogP contribution is 2.29. The molecule has 0 aliphatic carbocycles. The fraction of sp³-hybridized carbons (Fsp3) is 0.429. The Morgan fingerprint density at radius 3 is 2.74 bits per heavy atom. The number of thiophene rings is 1. The number of primary amides is 1. The van der Waals surface area contributed by atoms with E-state index < -0.39 is 0 Å². The molecule has 0 fully saturated rings. The molecule has 0 aliphatic rings. The summed E-state index contributed by atoms with van der Waals surface area (Å²) in [4.78, 5) is 25.7. The van der Waals surface area contributed by atoms with Crippen LogP contribution >= 0.6 is 23.1 Å². The van der Waals surface area contributed by atoms with E-state index in [1.165, 1.54) is 11.8 Å². The lowest BCUT2D eigenvalue weighted by atomic mass is 10.4. The smallest absolute Gasteiger partial charge is 0.235 e. The third kappa shape index (κ3) is 4.32. The highest BCUT2D eigenvalue weighted by molar-refractivity contribution is 8.00. The summed E-state index contributed by atoms with van der Waals surface area (Å²) in [7, 11) is 3.43. The quantitative estimate of drug-likeness (QED) is 0.760. The van der Waals surface area contributed by atoms with Crippen LogP contribution in [0.4, 0.5) is 0 Å². The van der Waals surface area contributed by atoms with Gasteiger partial charge in [0.15, 0.2) is 11.0 Å². The molecule has 2 N–H and O–H groups in total. The molecule has 0 aromatic carbocycles. The largest absolute Gasteiger partial charge is 0.370 e. The lowest BCUT2D eigenvalue weighted by Crippen LogP contribution is -2.30. The lowest BCUT2D eigenvalue weighted by molar-refractivity contribution is -0.127. The zero-order valence-electron chi connectivity index (χ0n) is 13.2. The number of amides is 2. The molecule has 124 valence electrons. The molecule has 7 nitrogen and oxygen atoms in total. The summed E-state index contributed by atoms with van der Waals surface area (Å²) in [6, 6.07) is 3.87. The molecule has 23 heavy (non-hydrogen) atoms. The zero-order valence-corrected chi connectivity index (χ0v) is 14.9. The Morgan fingerprint density at radius 2 is 2.17 bits per heavy atom. The Hall–Kier alpha value is -1.87. The lowest BCUT2D eigenvalue weighted by Gasteiger charge is -2.16. The molecule has 2 heterocycles. The minimum Gasteiger partial charge on any atom is -0.370 e. The van der Waals surface area contributed by atoms with Gasteiger partial charge in [0.2, 0.25) is 11.8 Å². The van der Waals surface area contributed by atoms with Crippen LogP contribution in [-0.4, -0.2) is 50.8 Å². The Labute approximate surface area is 142 Å². The summed E-state index contributed by atoms with van der Waals surface area (Å²) in [5.74, 6) is 0.301. The van der Waals surface area contributed by atoms with E-state index in [0.29, 0.717) is 17.5 Å². The summed E-state index contributed by atoms with van der Waals surface area (Å²) in [6.07, 6.45) is 0.194. The van der Waals surface area contributed by atoms with Gasteiger partial charge < -0.3 is 15.2 Å². The Morgan fingerprint density at radius 1 is 1.43 bits per heavy atom. The fourth-order valence-corrected chi connectivity index (χ4v) is 3.70. The SMILES string of the molecule is CC(Sc1nnc(-c2cccs2)n1CCC(N)=O)C(=O)N(C)C. The Balaban J connectivity index is 2.28. The van der Waals surface area contributed by atoms with Crippen LogP contribution in [0.1, 0.15) is 13.3 Å². The van der Waals surface area contributed by atoms with Crippen molar-refractivity contribution in [3.63, 3.8) is 0 Å². The number of hydrogen-bond acceptors (Lipinski definition) is 6. The van der Waals surface area contributed by atoms with E-state index in [2.05, 4.69) is 10.2 Å². The average Bonchev–Trinajstić information content (AvgIpc) is 3.13. The van der Waals surface area contributed by atoms with Crippen LogP contribution in [0.25, 0.3) is 10.7 Å². The summed E-state index contributed by atoms with van der Waals surface area (Å²) in [5.41, 5.74) is 5.26. The van der Waals surface area contributed by atoms with Gasteiger partial charge in [-0.05, 0) is 18.4 Å². The van der Waals surface area contributed by atoms with Gasteiger partial charge in [-0.25, -0.2) is 0 Å². The van der Waals surface area contributed by atoms with Gasteiger partial charge in [0.1, 0.15) is 0 Å². The number of carbonyl (C=O) groups excluding carboxylic acids is 2. The fourth-order valence-electron chi connectivity index (χ4n) is 1.96. The van der Waals surface area contributed by atoms with Crippen LogP contribution in [0, 0.1) is 0 Å². The van der Waals surface area contributed by atoms with Crippen molar-refractivity contribution < 1.29 is 9.59 Å². The topological polar surface area (TPSA) is 94.1 Å². The van der Waals surface area contributed by atoms with E-state index in [4.69, 9.17) is 5.73 Å². The van der Waals surface area contributed by atoms with Crippen molar-refractivity contribution in [3.05, 3.63) is 17.5 Å². The predicted octanol–water partition coefficient (Wildman–Crippen LogP) is 1.45. The molecule has 1 unspecified atom stereocenters. The standard InChI is InChI=1S/C14H19N5O2S2/c1-9(13(21)18(2)3)23-14-17-16-12(10-5-4-8-22-10)19(14)7-6-11(15)20/h4-5,8-9H,6-7H2,1-3H3,(H2,15,20). The molecular formula is C14H19N5O2S2. The average molecular weight is 353 g/mol. The second-order valence-electron chi connectivity index (χ2n) is 5.14. The molecule has 0 radical (unpaired) electrons. The molecular weight excluding hydrogens is 334 g/mol. The first kappa shape index (κ1) is 17.5. The number of hydrogen-bond donors (Lipinski definition) is 1. The van der Waals surface area contributed by atoms with Crippen LogP contribution in [0.3, 0.4) is 0 Å². The molecule has 2 rings (SSSR count). The number of nitrogens with zero attached hydrogens (tertiary/aromatic N) is 4. The van der Waals surface area contributed by atoms with E-state index in [1.54, 1.807) is 30.3 Å². The first-order chi connectivity index (χ1) is 10.9. The highest BCUT2D eigenvalue weighted by Gasteiger charge is 2.22. The predicted molar refractivity (Wildman–Crippen MR) is 91.2 cm³/mol. The van der Waals surface area contributed by atoms with Gasteiger partial charge in [0.05, 0.1) is 10.1 Å². The Bertz CT molecular complexity index is 681. The minimum atomic E-state index is -0.385. The number of rotatable bonds is 7. The molecule has 2 aromatic rings. The number of thioether (sulfide) groups is 1. The second kappa shape index (κ2) is 7.60. The van der Waals surface area contributed by atoms with Crippen LogP contribution in [0.15, 0.2) is 22.7 Å². The monoisotopic (exact) mass is 353 g/mol.